The van der Waals surface area contributed by atoms with Gasteiger partial charge in [-0.3, -0.25) is 14.0 Å². The molecule has 3 aromatic heterocycles. The van der Waals surface area contributed by atoms with Crippen molar-refractivity contribution in [2.75, 3.05) is 18.2 Å². The number of halogens is 3. The van der Waals surface area contributed by atoms with Gasteiger partial charge in [0.2, 0.25) is 0 Å². The summed E-state index contributed by atoms with van der Waals surface area (Å²) in [5, 5.41) is 7.40. The van der Waals surface area contributed by atoms with E-state index in [1.807, 2.05) is 0 Å². The van der Waals surface area contributed by atoms with Gasteiger partial charge in [0.1, 0.15) is 23.7 Å². The Morgan fingerprint density at radius 3 is 2.57 bits per heavy atom. The number of nitrogens with zero attached hydrogens (tertiary/aromatic N) is 5. The number of hydrogen-bond donors (Lipinski definition) is 1. The zero-order valence-electron chi connectivity index (χ0n) is 22.9. The molecule has 1 aliphatic heterocycles. The molecule has 6 rings (SSSR count). The first kappa shape index (κ1) is 28.3. The minimum atomic E-state index is -3.78. The Balaban J connectivity index is 1.49. The fourth-order valence-corrected chi connectivity index (χ4v) is 6.16. The number of sulfone groups is 1. The number of Topliss-reactive ketones (excluding diaryl/α,β-unsaturated/α-hetero) is 1. The molecule has 14 heteroatoms. The first-order chi connectivity index (χ1) is 20.0. The zero-order chi connectivity index (χ0) is 29.8. The van der Waals surface area contributed by atoms with Crippen LogP contribution in [0.2, 0.25) is 0 Å². The summed E-state index contributed by atoms with van der Waals surface area (Å²) in [6.07, 6.45) is -0.125. The fraction of sp³-hybridized carbons (Fsp3) is 0.429. The maximum absolute atomic E-state index is 14.3. The smallest absolute Gasteiger partial charge is 0.295 e. The lowest BCUT2D eigenvalue weighted by atomic mass is 10.1. The number of nitrogens with one attached hydrogen (secondary N) is 1. The summed E-state index contributed by atoms with van der Waals surface area (Å²) in [5.41, 5.74) is 1.86. The lowest BCUT2D eigenvalue weighted by molar-refractivity contribution is -0.120. The summed E-state index contributed by atoms with van der Waals surface area (Å²) in [5.74, 6) is -1.60. The number of carbonyl (C=O) groups is 1. The average Bonchev–Trinajstić information content (AvgIpc) is 3.33. The quantitative estimate of drug-likeness (QED) is 0.282. The molecule has 1 saturated carbocycles. The Kier molecular flexibility index (Phi) is 7.29. The average molecular weight is 603 g/mol. The highest BCUT2D eigenvalue weighted by atomic mass is 32.2. The van der Waals surface area contributed by atoms with Crippen molar-refractivity contribution >= 4 is 38.2 Å². The van der Waals surface area contributed by atoms with E-state index in [0.29, 0.717) is 24.3 Å². The first-order valence-corrected chi connectivity index (χ1v) is 15.5. The summed E-state index contributed by atoms with van der Waals surface area (Å²) in [4.78, 5) is 21.4. The first-order valence-electron chi connectivity index (χ1n) is 13.6. The summed E-state index contributed by atoms with van der Waals surface area (Å²) in [7, 11) is -2.03. The van der Waals surface area contributed by atoms with Crippen LogP contribution in [-0.4, -0.2) is 57.6 Å². The maximum atomic E-state index is 14.3. The molecule has 4 heterocycles. The van der Waals surface area contributed by atoms with E-state index in [1.54, 1.807) is 36.1 Å². The second kappa shape index (κ2) is 10.8. The van der Waals surface area contributed by atoms with Crippen molar-refractivity contribution in [2.24, 2.45) is 13.0 Å². The van der Waals surface area contributed by atoms with E-state index in [2.05, 4.69) is 20.4 Å². The zero-order valence-corrected chi connectivity index (χ0v) is 23.7. The van der Waals surface area contributed by atoms with Gasteiger partial charge in [-0.25, -0.2) is 31.6 Å². The number of carbonyl (C=O) groups excluding carboxylic acids is 1. The van der Waals surface area contributed by atoms with E-state index >= 15 is 0 Å². The maximum Gasteiger partial charge on any atom is 0.295 e. The van der Waals surface area contributed by atoms with Crippen LogP contribution in [0.4, 0.5) is 24.5 Å². The number of pyridine rings is 1. The molecule has 0 spiro atoms. The summed E-state index contributed by atoms with van der Waals surface area (Å²) in [6, 6.07) is 7.96. The van der Waals surface area contributed by atoms with E-state index in [9.17, 15) is 26.4 Å². The van der Waals surface area contributed by atoms with Crippen molar-refractivity contribution in [1.29, 1.82) is 0 Å². The number of rotatable bonds is 9. The largest absolute Gasteiger partial charge is 0.358 e. The SMILES string of the molecule is Cn1ccc(-c2ccc(Nc3cc(CC(=O)C4C[C@@H]4F)nc4c3nc(C(F)F)n4C3CCCCO3)c(S(C)(=O)=O)c2)n1. The number of alkyl halides is 3. The minimum Gasteiger partial charge on any atom is -0.358 e. The molecular weight excluding hydrogens is 573 g/mol. The molecule has 222 valence electrons. The number of ether oxygens (including phenoxy) is 1. The molecule has 2 unspecified atom stereocenters. The number of benzene rings is 1. The highest BCUT2D eigenvalue weighted by Crippen LogP contribution is 2.39. The van der Waals surface area contributed by atoms with E-state index in [-0.39, 0.29) is 51.8 Å². The molecule has 0 bridgehead atoms. The standard InChI is InChI=1S/C28H29F3N6O4S/c1-36-9-8-19(35-36)15-6-7-20(23(11-15)42(2,39)40)33-21-12-16(13-22(38)17-14-18(17)29)32-27-25(21)34-28(26(30)31)37(27)24-5-3-4-10-41-24/h6-9,11-12,17-18,24,26H,3-5,10,13-14H2,1-2H3,(H,32,33)/t17?,18-,24?/m0/s1. The number of aromatic nitrogens is 5. The van der Waals surface area contributed by atoms with Crippen molar-refractivity contribution in [2.45, 2.75) is 55.8 Å². The Morgan fingerprint density at radius 1 is 1.17 bits per heavy atom. The van der Waals surface area contributed by atoms with Gasteiger partial charge in [0, 0.05) is 38.1 Å². The van der Waals surface area contributed by atoms with Gasteiger partial charge in [0.25, 0.3) is 6.43 Å². The Morgan fingerprint density at radius 2 is 1.95 bits per heavy atom. The third kappa shape index (κ3) is 5.52. The summed E-state index contributed by atoms with van der Waals surface area (Å²) in [6.45, 7) is 0.385. The van der Waals surface area contributed by atoms with Crippen LogP contribution in [0.25, 0.3) is 22.4 Å². The molecule has 10 nitrogen and oxygen atoms in total. The van der Waals surface area contributed by atoms with E-state index in [4.69, 9.17) is 4.74 Å². The predicted octanol–water partition coefficient (Wildman–Crippen LogP) is 5.09. The van der Waals surface area contributed by atoms with E-state index < -0.39 is 40.4 Å². The van der Waals surface area contributed by atoms with E-state index in [0.717, 1.165) is 19.1 Å². The second-order valence-electron chi connectivity index (χ2n) is 10.8. The third-order valence-electron chi connectivity index (χ3n) is 7.51. The van der Waals surface area contributed by atoms with Gasteiger partial charge in [-0.15, -0.1) is 0 Å². The lowest BCUT2D eigenvalue weighted by Crippen LogP contribution is -2.21. The fourth-order valence-electron chi connectivity index (χ4n) is 5.30. The Hall–Kier alpha value is -3.78. The molecular formula is C28H29F3N6O4S. The normalized spacial score (nSPS) is 20.8. The second-order valence-corrected chi connectivity index (χ2v) is 12.8. The number of aryl methyl sites for hydroxylation is 1. The molecule has 0 amide bonds. The Bertz CT molecular complexity index is 1780. The minimum absolute atomic E-state index is 0.0457. The van der Waals surface area contributed by atoms with E-state index in [1.165, 1.54) is 16.7 Å². The monoisotopic (exact) mass is 602 g/mol. The van der Waals surface area contributed by atoms with Gasteiger partial charge in [-0.05, 0) is 49.9 Å². The Labute approximate surface area is 239 Å². The van der Waals surface area contributed by atoms with Crippen LogP contribution in [0.15, 0.2) is 41.4 Å². The summed E-state index contributed by atoms with van der Waals surface area (Å²) < 4.78 is 76.7. The molecule has 4 aromatic rings. The van der Waals surface area contributed by atoms with Crippen LogP contribution >= 0.6 is 0 Å². The number of anilines is 2. The predicted molar refractivity (Wildman–Crippen MR) is 148 cm³/mol. The number of fused-ring (bicyclic) bond motifs is 1. The van der Waals surface area contributed by atoms with Crippen molar-refractivity contribution in [1.82, 2.24) is 24.3 Å². The number of imidazole rings is 1. The molecule has 1 aliphatic carbocycles. The molecule has 1 saturated heterocycles. The molecule has 2 aliphatic rings. The third-order valence-corrected chi connectivity index (χ3v) is 8.65. The molecule has 1 aromatic carbocycles. The summed E-state index contributed by atoms with van der Waals surface area (Å²) >= 11 is 0. The molecule has 42 heavy (non-hydrogen) atoms. The highest BCUT2D eigenvalue weighted by Gasteiger charge is 2.43. The highest BCUT2D eigenvalue weighted by molar-refractivity contribution is 7.90. The topological polar surface area (TPSA) is 121 Å². The van der Waals surface area contributed by atoms with Crippen LogP contribution in [0.5, 0.6) is 0 Å². The van der Waals surface area contributed by atoms with Gasteiger partial charge in [0.15, 0.2) is 21.3 Å². The van der Waals surface area contributed by atoms with Crippen LogP contribution < -0.4 is 5.32 Å². The molecule has 2 fully saturated rings. The van der Waals surface area contributed by atoms with Gasteiger partial charge >= 0.3 is 0 Å². The van der Waals surface area contributed by atoms with Crippen molar-refractivity contribution < 1.29 is 31.1 Å². The van der Waals surface area contributed by atoms with Crippen LogP contribution in [0.3, 0.4) is 0 Å². The van der Waals surface area contributed by atoms with Gasteiger partial charge in [0.05, 0.1) is 33.6 Å². The van der Waals surface area contributed by atoms with Crippen LogP contribution in [0, 0.1) is 5.92 Å². The molecule has 3 atom stereocenters. The van der Waals surface area contributed by atoms with Crippen LogP contribution in [0.1, 0.15) is 49.9 Å². The molecule has 1 N–H and O–H groups in total. The number of ketones is 1. The van der Waals surface area contributed by atoms with Crippen molar-refractivity contribution in [3.05, 3.63) is 48.0 Å². The van der Waals surface area contributed by atoms with Gasteiger partial charge in [-0.2, -0.15) is 5.10 Å². The van der Waals surface area contributed by atoms with Crippen molar-refractivity contribution in [3.63, 3.8) is 0 Å². The van der Waals surface area contributed by atoms with Gasteiger partial charge in [-0.1, -0.05) is 6.07 Å². The van der Waals surface area contributed by atoms with Crippen molar-refractivity contribution in [3.8, 4) is 11.3 Å². The molecule has 0 radical (unpaired) electrons. The lowest BCUT2D eigenvalue weighted by Gasteiger charge is -2.25. The van der Waals surface area contributed by atoms with Gasteiger partial charge < -0.3 is 10.1 Å². The van der Waals surface area contributed by atoms with Crippen LogP contribution in [-0.2, 0) is 32.8 Å². The number of hydrogen-bond acceptors (Lipinski definition) is 8.